The van der Waals surface area contributed by atoms with Crippen LogP contribution in [0, 0.1) is 0 Å². The van der Waals surface area contributed by atoms with Crippen molar-refractivity contribution in [1.29, 1.82) is 0 Å². The van der Waals surface area contributed by atoms with Crippen LogP contribution in [0.5, 0.6) is 0 Å². The van der Waals surface area contributed by atoms with Gasteiger partial charge in [-0.3, -0.25) is 4.79 Å². The van der Waals surface area contributed by atoms with Gasteiger partial charge in [-0.1, -0.05) is 35.9 Å². The Kier molecular flexibility index (Phi) is 4.12. The molecular weight excluding hydrogens is 294 g/mol. The highest BCUT2D eigenvalue weighted by molar-refractivity contribution is 5.93. The number of carboxylic acids is 2. The summed E-state index contributed by atoms with van der Waals surface area (Å²) in [5.41, 5.74) is -1.03. The SMILES string of the molecule is CC1=CC(C(=O)O)(c2ccc(C(F)F)cc2)CC(C(=O)O)=C1. The van der Waals surface area contributed by atoms with E-state index < -0.39 is 23.8 Å². The molecule has 0 heterocycles. The molecular formula is C16H14F2O4. The Bertz CT molecular complexity index is 674. The van der Waals surface area contributed by atoms with Gasteiger partial charge in [-0.25, -0.2) is 13.6 Å². The number of benzene rings is 1. The third-order valence-corrected chi connectivity index (χ3v) is 3.68. The number of hydrogen-bond donors (Lipinski definition) is 2. The van der Waals surface area contributed by atoms with Gasteiger partial charge in [-0.2, -0.15) is 0 Å². The molecule has 0 spiro atoms. The molecule has 2 N–H and O–H groups in total. The van der Waals surface area contributed by atoms with Crippen LogP contribution in [0.3, 0.4) is 0 Å². The van der Waals surface area contributed by atoms with Crippen LogP contribution in [0.25, 0.3) is 0 Å². The smallest absolute Gasteiger partial charge is 0.331 e. The van der Waals surface area contributed by atoms with Crippen molar-refractivity contribution in [3.8, 4) is 0 Å². The molecule has 0 aliphatic heterocycles. The highest BCUT2D eigenvalue weighted by atomic mass is 19.3. The van der Waals surface area contributed by atoms with E-state index in [0.717, 1.165) is 12.1 Å². The van der Waals surface area contributed by atoms with E-state index in [4.69, 9.17) is 5.11 Å². The molecule has 0 amide bonds. The molecule has 1 atom stereocenters. The van der Waals surface area contributed by atoms with E-state index >= 15 is 0 Å². The molecule has 1 aromatic rings. The molecule has 22 heavy (non-hydrogen) atoms. The van der Waals surface area contributed by atoms with Gasteiger partial charge < -0.3 is 10.2 Å². The summed E-state index contributed by atoms with van der Waals surface area (Å²) in [5.74, 6) is -2.41. The van der Waals surface area contributed by atoms with Crippen molar-refractivity contribution in [3.63, 3.8) is 0 Å². The third-order valence-electron chi connectivity index (χ3n) is 3.68. The Hall–Kier alpha value is -2.50. The predicted octanol–water partition coefficient (Wildman–Crippen LogP) is 3.31. The van der Waals surface area contributed by atoms with Gasteiger partial charge in [0.1, 0.15) is 5.41 Å². The van der Waals surface area contributed by atoms with Crippen LogP contribution in [0.4, 0.5) is 8.78 Å². The van der Waals surface area contributed by atoms with Crippen molar-refractivity contribution >= 4 is 11.9 Å². The fraction of sp³-hybridized carbons (Fsp3) is 0.250. The van der Waals surface area contributed by atoms with E-state index in [1.807, 2.05) is 0 Å². The molecule has 1 aliphatic rings. The van der Waals surface area contributed by atoms with Gasteiger partial charge in [0.25, 0.3) is 6.43 Å². The lowest BCUT2D eigenvalue weighted by molar-refractivity contribution is -0.142. The van der Waals surface area contributed by atoms with Crippen molar-refractivity contribution in [2.45, 2.75) is 25.2 Å². The number of aliphatic carboxylic acids is 2. The fourth-order valence-corrected chi connectivity index (χ4v) is 2.62. The molecule has 0 saturated carbocycles. The zero-order chi connectivity index (χ0) is 16.5. The van der Waals surface area contributed by atoms with Gasteiger partial charge in [0.15, 0.2) is 0 Å². The van der Waals surface area contributed by atoms with Crippen LogP contribution in [0.1, 0.15) is 30.9 Å². The van der Waals surface area contributed by atoms with Gasteiger partial charge in [-0.15, -0.1) is 0 Å². The molecule has 0 radical (unpaired) electrons. The normalized spacial score (nSPS) is 21.3. The number of alkyl halides is 2. The van der Waals surface area contributed by atoms with E-state index in [1.54, 1.807) is 6.92 Å². The maximum Gasteiger partial charge on any atom is 0.331 e. The van der Waals surface area contributed by atoms with Crippen LogP contribution in [-0.4, -0.2) is 22.2 Å². The van der Waals surface area contributed by atoms with Gasteiger partial charge in [0.2, 0.25) is 0 Å². The molecule has 0 fully saturated rings. The zero-order valence-electron chi connectivity index (χ0n) is 11.7. The average molecular weight is 308 g/mol. The number of rotatable bonds is 4. The standard InChI is InChI=1S/C16H14F2O4/c1-9-6-11(14(19)20)8-16(7-9,15(21)22)12-4-2-10(3-5-12)13(17)18/h2-7,13H,8H2,1H3,(H,19,20)(H,21,22). The summed E-state index contributed by atoms with van der Waals surface area (Å²) in [4.78, 5) is 23.0. The fourth-order valence-electron chi connectivity index (χ4n) is 2.62. The molecule has 1 unspecified atom stereocenters. The van der Waals surface area contributed by atoms with Crippen LogP contribution in [0.2, 0.25) is 0 Å². The minimum Gasteiger partial charge on any atom is -0.480 e. The quantitative estimate of drug-likeness (QED) is 0.895. The minimum absolute atomic E-state index is 0.0275. The summed E-state index contributed by atoms with van der Waals surface area (Å²) < 4.78 is 25.2. The van der Waals surface area contributed by atoms with Crippen LogP contribution in [0.15, 0.2) is 47.6 Å². The highest BCUT2D eigenvalue weighted by Crippen LogP contribution is 2.38. The average Bonchev–Trinajstić information content (AvgIpc) is 2.46. The first kappa shape index (κ1) is 15.9. The van der Waals surface area contributed by atoms with E-state index in [-0.39, 0.29) is 23.1 Å². The van der Waals surface area contributed by atoms with E-state index in [1.165, 1.54) is 24.3 Å². The second-order valence-corrected chi connectivity index (χ2v) is 5.24. The second-order valence-electron chi connectivity index (χ2n) is 5.24. The largest absolute Gasteiger partial charge is 0.480 e. The Morgan fingerprint density at radius 2 is 1.77 bits per heavy atom. The summed E-state index contributed by atoms with van der Waals surface area (Å²) in [7, 11) is 0. The molecule has 1 aliphatic carbocycles. The Balaban J connectivity index is 2.53. The minimum atomic E-state index is -2.65. The van der Waals surface area contributed by atoms with Gasteiger partial charge in [0.05, 0.1) is 0 Å². The monoisotopic (exact) mass is 308 g/mol. The van der Waals surface area contributed by atoms with Gasteiger partial charge in [0, 0.05) is 17.6 Å². The molecule has 0 saturated heterocycles. The Morgan fingerprint density at radius 3 is 2.23 bits per heavy atom. The first-order valence-electron chi connectivity index (χ1n) is 6.51. The van der Waals surface area contributed by atoms with Crippen molar-refractivity contribution in [2.75, 3.05) is 0 Å². The van der Waals surface area contributed by atoms with Crippen molar-refractivity contribution in [1.82, 2.24) is 0 Å². The Labute approximate surface area is 125 Å². The zero-order valence-corrected chi connectivity index (χ0v) is 11.7. The number of halogens is 2. The topological polar surface area (TPSA) is 74.6 Å². The lowest BCUT2D eigenvalue weighted by atomic mass is 9.71. The lowest BCUT2D eigenvalue weighted by Crippen LogP contribution is -2.37. The molecule has 0 aromatic heterocycles. The number of carbonyl (C=O) groups is 2. The van der Waals surface area contributed by atoms with Crippen LogP contribution >= 0.6 is 0 Å². The maximum absolute atomic E-state index is 12.6. The summed E-state index contributed by atoms with van der Waals surface area (Å²) in [6.45, 7) is 1.60. The molecule has 0 bridgehead atoms. The molecule has 4 nitrogen and oxygen atoms in total. The third kappa shape index (κ3) is 2.77. The number of allylic oxidation sites excluding steroid dienone is 2. The second kappa shape index (κ2) is 5.71. The van der Waals surface area contributed by atoms with Crippen LogP contribution in [-0.2, 0) is 15.0 Å². The van der Waals surface area contributed by atoms with Crippen molar-refractivity contribution < 1.29 is 28.6 Å². The first-order chi connectivity index (χ1) is 10.3. The van der Waals surface area contributed by atoms with Gasteiger partial charge >= 0.3 is 11.9 Å². The Morgan fingerprint density at radius 1 is 1.18 bits per heavy atom. The summed E-state index contributed by atoms with van der Waals surface area (Å²) in [5, 5.41) is 18.8. The molecule has 6 heteroatoms. The predicted molar refractivity (Wildman–Crippen MR) is 74.8 cm³/mol. The first-order valence-corrected chi connectivity index (χ1v) is 6.51. The summed E-state index contributed by atoms with van der Waals surface area (Å²) >= 11 is 0. The molecule has 116 valence electrons. The number of hydrogen-bond acceptors (Lipinski definition) is 2. The number of carboxylic acid groups (broad SMARTS) is 2. The summed E-state index contributed by atoms with van der Waals surface area (Å²) in [6.07, 6.45) is -0.00730. The lowest BCUT2D eigenvalue weighted by Gasteiger charge is -2.30. The van der Waals surface area contributed by atoms with Crippen LogP contribution < -0.4 is 0 Å². The summed E-state index contributed by atoms with van der Waals surface area (Å²) in [6, 6.07) is 4.94. The van der Waals surface area contributed by atoms with E-state index in [0.29, 0.717) is 5.57 Å². The molecule has 1 aromatic carbocycles. The van der Waals surface area contributed by atoms with Crippen molar-refractivity contribution in [2.24, 2.45) is 0 Å². The highest BCUT2D eigenvalue weighted by Gasteiger charge is 2.42. The van der Waals surface area contributed by atoms with E-state index in [9.17, 15) is 23.5 Å². The maximum atomic E-state index is 12.6. The van der Waals surface area contributed by atoms with E-state index in [2.05, 4.69) is 0 Å². The van der Waals surface area contributed by atoms with Gasteiger partial charge in [-0.05, 0) is 18.6 Å². The van der Waals surface area contributed by atoms with Crippen molar-refractivity contribution in [3.05, 3.63) is 58.7 Å². The molecule has 2 rings (SSSR count).